The summed E-state index contributed by atoms with van der Waals surface area (Å²) in [6, 6.07) is -3.45. The smallest absolute Gasteiger partial charge is 0.323 e. The number of carboxylic acids is 4. The first-order chi connectivity index (χ1) is 13.0. The molecular weight excluding hydrogens is 402 g/mol. The predicted octanol–water partition coefficient (Wildman–Crippen LogP) is -5.53. The van der Waals surface area contributed by atoms with E-state index < -0.39 is 60.6 Å². The molecule has 0 aromatic rings. The Kier molecular flexibility index (Phi) is 23.1. The zero-order chi connectivity index (χ0) is 24.3. The largest absolute Gasteiger partial charge is 0.480 e. The summed E-state index contributed by atoms with van der Waals surface area (Å²) in [5.41, 5.74) is 23.8. The van der Waals surface area contributed by atoms with Crippen LogP contribution in [0.2, 0.25) is 0 Å². The highest BCUT2D eigenvalue weighted by Gasteiger charge is 2.16. The fourth-order valence-electron chi connectivity index (χ4n) is 0.588. The molecule has 0 saturated carbocycles. The van der Waals surface area contributed by atoms with Crippen molar-refractivity contribution in [2.24, 2.45) is 28.7 Å². The van der Waals surface area contributed by atoms with Gasteiger partial charge in [0.05, 0.1) is 25.7 Å². The number of aliphatic hydroxyl groups is 2. The molecule has 0 rings (SSSR count). The number of aliphatic carboxylic acids is 4. The van der Waals surface area contributed by atoms with E-state index in [4.69, 9.17) is 47.8 Å². The van der Waals surface area contributed by atoms with Gasteiger partial charge in [-0.15, -0.1) is 0 Å². The van der Waals surface area contributed by atoms with Gasteiger partial charge in [-0.25, -0.2) is 0 Å². The lowest BCUT2D eigenvalue weighted by atomic mass is 10.2. The minimum absolute atomic E-state index is 0.278. The van der Waals surface area contributed by atoms with E-state index in [2.05, 4.69) is 11.5 Å². The van der Waals surface area contributed by atoms with Gasteiger partial charge in [-0.2, -0.15) is 0 Å². The summed E-state index contributed by atoms with van der Waals surface area (Å²) in [7, 11) is 0. The van der Waals surface area contributed by atoms with Gasteiger partial charge in [-0.05, 0) is 6.92 Å². The fraction of sp³-hybridized carbons (Fsp3) is 0.615. The molecule has 0 saturated heterocycles. The molecule has 16 heteroatoms. The van der Waals surface area contributed by atoms with Crippen LogP contribution in [0.3, 0.4) is 0 Å². The van der Waals surface area contributed by atoms with Gasteiger partial charge in [-0.3, -0.25) is 24.0 Å². The summed E-state index contributed by atoms with van der Waals surface area (Å²) in [5.74, 6) is -5.24. The molecule has 4 unspecified atom stereocenters. The van der Waals surface area contributed by atoms with Gasteiger partial charge < -0.3 is 59.3 Å². The number of aliphatic hydroxyl groups excluding tert-OH is 2. The van der Waals surface area contributed by atoms with Crippen molar-refractivity contribution in [1.29, 1.82) is 0 Å². The van der Waals surface area contributed by atoms with Crippen LogP contribution in [0.1, 0.15) is 13.3 Å². The van der Waals surface area contributed by atoms with Crippen LogP contribution in [0.4, 0.5) is 0 Å². The van der Waals surface area contributed by atoms with Crippen LogP contribution in [-0.4, -0.2) is 97.8 Å². The van der Waals surface area contributed by atoms with E-state index in [1.807, 2.05) is 0 Å². The first-order valence-corrected chi connectivity index (χ1v) is 7.49. The minimum Gasteiger partial charge on any atom is -0.480 e. The van der Waals surface area contributed by atoms with E-state index in [1.54, 1.807) is 0 Å². The Bertz CT molecular complexity index is 515. The van der Waals surface area contributed by atoms with Gasteiger partial charge in [0.25, 0.3) is 0 Å². The van der Waals surface area contributed by atoms with Gasteiger partial charge in [0, 0.05) is 0 Å². The summed E-state index contributed by atoms with van der Waals surface area (Å²) in [5, 5.41) is 48.1. The average molecular weight is 431 g/mol. The van der Waals surface area contributed by atoms with Gasteiger partial charge in [0.2, 0.25) is 5.91 Å². The molecule has 0 fully saturated rings. The van der Waals surface area contributed by atoms with Crippen molar-refractivity contribution in [3.05, 3.63) is 0 Å². The van der Waals surface area contributed by atoms with Gasteiger partial charge >= 0.3 is 23.9 Å². The standard InChI is InChI=1S/C4H8N2O3.C4H9NO3.C3H7NO3.C2H5NO2/c5-2(4(8)9)1-3(6)7;1-2(6)3(5)4(7)8;4-2(1-5)3(6)7;3-1-2(4)5/h2H,1,5H2,(H2,6,7)(H,8,9);2-3,6H,5H2,1H3,(H,7,8);2,5H,1,4H2,(H,6,7);1,3H2,(H,4,5). The summed E-state index contributed by atoms with van der Waals surface area (Å²) in [6.45, 7) is 0.550. The Hall–Kier alpha value is -2.89. The van der Waals surface area contributed by atoms with Crippen molar-refractivity contribution in [2.45, 2.75) is 37.6 Å². The third-order valence-corrected chi connectivity index (χ3v) is 2.23. The molecule has 0 aliphatic rings. The highest BCUT2D eigenvalue weighted by atomic mass is 16.4. The molecule has 1 amide bonds. The lowest BCUT2D eigenvalue weighted by Gasteiger charge is -2.06. The Labute approximate surface area is 164 Å². The SMILES string of the molecule is CC(O)C(N)C(=O)O.NC(=O)CC(N)C(=O)O.NC(CO)C(=O)O.NCC(=O)O. The van der Waals surface area contributed by atoms with Crippen molar-refractivity contribution in [3.8, 4) is 0 Å². The van der Waals surface area contributed by atoms with Crippen molar-refractivity contribution in [1.82, 2.24) is 0 Å². The molecule has 29 heavy (non-hydrogen) atoms. The second kappa shape index (κ2) is 19.9. The van der Waals surface area contributed by atoms with E-state index in [9.17, 15) is 24.0 Å². The monoisotopic (exact) mass is 431 g/mol. The second-order valence-electron chi connectivity index (χ2n) is 4.94. The molecule has 0 radical (unpaired) electrons. The third kappa shape index (κ3) is 30.1. The van der Waals surface area contributed by atoms with E-state index in [0.717, 1.165) is 0 Å². The highest BCUT2D eigenvalue weighted by Crippen LogP contribution is 1.86. The number of carboxylic acid groups (broad SMARTS) is 4. The number of rotatable bonds is 8. The quantitative estimate of drug-likeness (QED) is 0.170. The molecule has 0 aromatic carbocycles. The molecule has 0 aliphatic carbocycles. The van der Waals surface area contributed by atoms with Crippen LogP contribution in [0.15, 0.2) is 0 Å². The molecule has 172 valence electrons. The first-order valence-electron chi connectivity index (χ1n) is 7.49. The Balaban J connectivity index is -0.000000147. The maximum atomic E-state index is 9.99. The summed E-state index contributed by atoms with van der Waals surface area (Å²) in [6.07, 6.45) is -1.29. The van der Waals surface area contributed by atoms with Crippen LogP contribution in [0.25, 0.3) is 0 Å². The lowest BCUT2D eigenvalue weighted by molar-refractivity contribution is -0.141. The molecule has 0 aliphatic heterocycles. The minimum atomic E-state index is -1.21. The summed E-state index contributed by atoms with van der Waals surface area (Å²) in [4.78, 5) is 48.6. The first kappa shape index (κ1) is 33.7. The van der Waals surface area contributed by atoms with Gasteiger partial charge in [0.15, 0.2) is 0 Å². The number of primary amides is 1. The van der Waals surface area contributed by atoms with E-state index in [1.165, 1.54) is 6.92 Å². The number of nitrogens with two attached hydrogens (primary N) is 5. The van der Waals surface area contributed by atoms with Crippen molar-refractivity contribution in [3.63, 3.8) is 0 Å². The predicted molar refractivity (Wildman–Crippen MR) is 96.1 cm³/mol. The maximum absolute atomic E-state index is 9.99. The summed E-state index contributed by atoms with van der Waals surface area (Å²) < 4.78 is 0. The van der Waals surface area contributed by atoms with Crippen molar-refractivity contribution >= 4 is 29.8 Å². The second-order valence-corrected chi connectivity index (χ2v) is 4.94. The number of carbonyl (C=O) groups excluding carboxylic acids is 1. The van der Waals surface area contributed by atoms with E-state index in [0.29, 0.717) is 0 Å². The third-order valence-electron chi connectivity index (χ3n) is 2.23. The average Bonchev–Trinajstić information content (AvgIpc) is 2.60. The van der Waals surface area contributed by atoms with E-state index >= 15 is 0 Å². The van der Waals surface area contributed by atoms with Crippen LogP contribution in [0.5, 0.6) is 0 Å². The van der Waals surface area contributed by atoms with E-state index in [-0.39, 0.29) is 13.0 Å². The topological polar surface area (TPSA) is 337 Å². The molecule has 0 aromatic heterocycles. The zero-order valence-electron chi connectivity index (χ0n) is 15.5. The Morgan fingerprint density at radius 1 is 0.828 bits per heavy atom. The fourth-order valence-corrected chi connectivity index (χ4v) is 0.588. The van der Waals surface area contributed by atoms with Crippen LogP contribution in [-0.2, 0) is 24.0 Å². The molecule has 16 nitrogen and oxygen atoms in total. The van der Waals surface area contributed by atoms with Crippen LogP contribution in [0, 0.1) is 0 Å². The molecule has 0 heterocycles. The van der Waals surface area contributed by atoms with Crippen molar-refractivity contribution < 1.29 is 54.6 Å². The normalized spacial score (nSPS) is 13.2. The highest BCUT2D eigenvalue weighted by molar-refractivity contribution is 5.83. The zero-order valence-corrected chi connectivity index (χ0v) is 15.5. The Morgan fingerprint density at radius 2 is 1.17 bits per heavy atom. The van der Waals surface area contributed by atoms with Gasteiger partial charge in [0.1, 0.15) is 18.1 Å². The van der Waals surface area contributed by atoms with Gasteiger partial charge in [-0.1, -0.05) is 0 Å². The Morgan fingerprint density at radius 3 is 1.21 bits per heavy atom. The number of hydrogen-bond donors (Lipinski definition) is 11. The van der Waals surface area contributed by atoms with Crippen LogP contribution >= 0.6 is 0 Å². The lowest BCUT2D eigenvalue weighted by Crippen LogP contribution is -2.39. The van der Waals surface area contributed by atoms with Crippen LogP contribution < -0.4 is 28.7 Å². The molecule has 0 bridgehead atoms. The van der Waals surface area contributed by atoms with Crippen molar-refractivity contribution in [2.75, 3.05) is 13.2 Å². The molecule has 0 spiro atoms. The molecular formula is C13H29N5O11. The number of amides is 1. The number of carbonyl (C=O) groups is 5. The molecule has 4 atom stereocenters. The number of hydrogen-bond acceptors (Lipinski definition) is 11. The maximum Gasteiger partial charge on any atom is 0.323 e. The molecule has 16 N–H and O–H groups in total. The summed E-state index contributed by atoms with van der Waals surface area (Å²) >= 11 is 0.